The standard InChI is InChI=1S/C13H16N6O3/c1-9(10-4-3-5-11(6-10)19(21)22)16-13(20)18(2)7-12-14-8-15-17-12/h3-6,8-9H,7H2,1-2H3,(H,16,20)(H,14,15,17)/t9-/m1/s1. The molecule has 9 heteroatoms. The zero-order valence-electron chi connectivity index (χ0n) is 12.2. The number of aromatic nitrogens is 3. The smallest absolute Gasteiger partial charge is 0.318 e. The van der Waals surface area contributed by atoms with Gasteiger partial charge in [0.25, 0.3) is 5.69 Å². The number of hydrogen-bond acceptors (Lipinski definition) is 5. The van der Waals surface area contributed by atoms with Gasteiger partial charge in [-0.1, -0.05) is 12.1 Å². The van der Waals surface area contributed by atoms with Crippen molar-refractivity contribution in [1.29, 1.82) is 0 Å². The Hall–Kier alpha value is -2.97. The predicted octanol–water partition coefficient (Wildman–Crippen LogP) is 1.62. The summed E-state index contributed by atoms with van der Waals surface area (Å²) in [5, 5.41) is 19.9. The summed E-state index contributed by atoms with van der Waals surface area (Å²) in [7, 11) is 1.62. The molecule has 2 amide bonds. The van der Waals surface area contributed by atoms with Crippen LogP contribution in [0.4, 0.5) is 10.5 Å². The second kappa shape index (κ2) is 6.66. The average molecular weight is 304 g/mol. The minimum Gasteiger partial charge on any atom is -0.331 e. The van der Waals surface area contributed by atoms with Crippen LogP contribution < -0.4 is 5.32 Å². The van der Waals surface area contributed by atoms with Crippen molar-refractivity contribution < 1.29 is 9.72 Å². The van der Waals surface area contributed by atoms with E-state index in [4.69, 9.17) is 0 Å². The molecule has 2 rings (SSSR count). The molecule has 1 aromatic carbocycles. The SMILES string of the molecule is C[C@@H](NC(=O)N(C)Cc1ncn[nH]1)c1cccc([N+](=O)[O-])c1. The maximum absolute atomic E-state index is 12.1. The number of benzene rings is 1. The Morgan fingerprint density at radius 3 is 2.95 bits per heavy atom. The number of amides is 2. The lowest BCUT2D eigenvalue weighted by Gasteiger charge is -2.20. The van der Waals surface area contributed by atoms with Gasteiger partial charge < -0.3 is 10.2 Å². The third-order valence-corrected chi connectivity index (χ3v) is 3.12. The number of nitrogens with zero attached hydrogens (tertiary/aromatic N) is 4. The minimum absolute atomic E-state index is 0.00591. The summed E-state index contributed by atoms with van der Waals surface area (Å²) < 4.78 is 0. The molecule has 1 heterocycles. The van der Waals surface area contributed by atoms with Gasteiger partial charge in [0.15, 0.2) is 0 Å². The molecule has 1 atom stereocenters. The summed E-state index contributed by atoms with van der Waals surface area (Å²) in [6.45, 7) is 2.05. The number of nitro benzene ring substituents is 1. The van der Waals surface area contributed by atoms with E-state index in [1.807, 2.05) is 0 Å². The highest BCUT2D eigenvalue weighted by Crippen LogP contribution is 2.19. The molecule has 22 heavy (non-hydrogen) atoms. The number of non-ortho nitro benzene ring substituents is 1. The monoisotopic (exact) mass is 304 g/mol. The fourth-order valence-electron chi connectivity index (χ4n) is 1.89. The molecular formula is C13H16N6O3. The molecule has 9 nitrogen and oxygen atoms in total. The normalized spacial score (nSPS) is 11.7. The van der Waals surface area contributed by atoms with Crippen molar-refractivity contribution in [2.75, 3.05) is 7.05 Å². The summed E-state index contributed by atoms with van der Waals surface area (Å²) >= 11 is 0. The van der Waals surface area contributed by atoms with Crippen LogP contribution in [0.5, 0.6) is 0 Å². The molecule has 1 aromatic heterocycles. The molecule has 2 aromatic rings. The van der Waals surface area contributed by atoms with Crippen LogP contribution in [0.25, 0.3) is 0 Å². The lowest BCUT2D eigenvalue weighted by molar-refractivity contribution is -0.384. The van der Waals surface area contributed by atoms with E-state index in [0.29, 0.717) is 11.4 Å². The number of H-pyrrole nitrogens is 1. The third kappa shape index (κ3) is 3.78. The van der Waals surface area contributed by atoms with Gasteiger partial charge >= 0.3 is 6.03 Å². The first-order valence-electron chi connectivity index (χ1n) is 6.57. The Kier molecular flexibility index (Phi) is 4.66. The number of rotatable bonds is 5. The van der Waals surface area contributed by atoms with Crippen molar-refractivity contribution in [1.82, 2.24) is 25.4 Å². The first-order valence-corrected chi connectivity index (χ1v) is 6.57. The van der Waals surface area contributed by atoms with Gasteiger partial charge in [-0.15, -0.1) is 0 Å². The number of carbonyl (C=O) groups is 1. The quantitative estimate of drug-likeness (QED) is 0.643. The fraction of sp³-hybridized carbons (Fsp3) is 0.308. The van der Waals surface area contributed by atoms with Crippen LogP contribution in [0.2, 0.25) is 0 Å². The van der Waals surface area contributed by atoms with Crippen molar-refractivity contribution in [3.8, 4) is 0 Å². The number of nitrogens with one attached hydrogen (secondary N) is 2. The lowest BCUT2D eigenvalue weighted by atomic mass is 10.1. The maximum atomic E-state index is 12.1. The van der Waals surface area contributed by atoms with Crippen molar-refractivity contribution >= 4 is 11.7 Å². The molecule has 0 radical (unpaired) electrons. The Balaban J connectivity index is 1.98. The number of nitro groups is 1. The molecule has 0 bridgehead atoms. The van der Waals surface area contributed by atoms with Gasteiger partial charge in [-0.2, -0.15) is 5.10 Å². The molecule has 2 N–H and O–H groups in total. The Labute approximate surface area is 126 Å². The van der Waals surface area contributed by atoms with Crippen LogP contribution in [0.1, 0.15) is 24.4 Å². The van der Waals surface area contributed by atoms with Crippen LogP contribution in [0.3, 0.4) is 0 Å². The number of urea groups is 1. The molecule has 0 aliphatic heterocycles. The van der Waals surface area contributed by atoms with E-state index < -0.39 is 4.92 Å². The molecule has 0 unspecified atom stereocenters. The summed E-state index contributed by atoms with van der Waals surface area (Å²) in [4.78, 5) is 27.8. The van der Waals surface area contributed by atoms with Gasteiger partial charge in [0.05, 0.1) is 17.5 Å². The Morgan fingerprint density at radius 2 is 2.32 bits per heavy atom. The van der Waals surface area contributed by atoms with Crippen molar-refractivity contribution in [3.63, 3.8) is 0 Å². The largest absolute Gasteiger partial charge is 0.331 e. The van der Waals surface area contributed by atoms with E-state index >= 15 is 0 Å². The first-order chi connectivity index (χ1) is 10.5. The highest BCUT2D eigenvalue weighted by Gasteiger charge is 2.16. The number of hydrogen-bond donors (Lipinski definition) is 2. The lowest BCUT2D eigenvalue weighted by Crippen LogP contribution is -2.38. The van der Waals surface area contributed by atoms with Gasteiger partial charge in [0.1, 0.15) is 12.2 Å². The molecule has 0 aliphatic rings. The van der Waals surface area contributed by atoms with E-state index in [9.17, 15) is 14.9 Å². The van der Waals surface area contributed by atoms with Crippen molar-refractivity contribution in [3.05, 3.63) is 52.1 Å². The summed E-state index contributed by atoms with van der Waals surface area (Å²) in [6.07, 6.45) is 1.37. The van der Waals surface area contributed by atoms with Crippen molar-refractivity contribution in [2.45, 2.75) is 19.5 Å². The zero-order chi connectivity index (χ0) is 16.1. The Bertz CT molecular complexity index is 658. The third-order valence-electron chi connectivity index (χ3n) is 3.12. The van der Waals surface area contributed by atoms with Gasteiger partial charge in [-0.3, -0.25) is 15.2 Å². The van der Waals surface area contributed by atoms with E-state index in [1.54, 1.807) is 26.1 Å². The summed E-state index contributed by atoms with van der Waals surface area (Å²) in [6, 6.07) is 5.51. The molecule has 0 fully saturated rings. The molecule has 0 aliphatic carbocycles. The van der Waals surface area contributed by atoms with E-state index in [2.05, 4.69) is 20.5 Å². The summed E-state index contributed by atoms with van der Waals surface area (Å²) in [5.41, 5.74) is 0.657. The minimum atomic E-state index is -0.464. The fourth-order valence-corrected chi connectivity index (χ4v) is 1.89. The second-order valence-electron chi connectivity index (χ2n) is 4.81. The van der Waals surface area contributed by atoms with Crippen LogP contribution in [-0.2, 0) is 6.54 Å². The molecular weight excluding hydrogens is 288 g/mol. The number of aromatic amines is 1. The van der Waals surface area contributed by atoms with Crippen molar-refractivity contribution in [2.24, 2.45) is 0 Å². The molecule has 0 saturated carbocycles. The van der Waals surface area contributed by atoms with Crippen LogP contribution in [-0.4, -0.2) is 38.1 Å². The maximum Gasteiger partial charge on any atom is 0.318 e. The highest BCUT2D eigenvalue weighted by molar-refractivity contribution is 5.74. The van der Waals surface area contributed by atoms with Crippen LogP contribution >= 0.6 is 0 Å². The number of carbonyl (C=O) groups excluding carboxylic acids is 1. The van der Waals surface area contributed by atoms with Gasteiger partial charge in [0, 0.05) is 19.2 Å². The average Bonchev–Trinajstić information content (AvgIpc) is 3.00. The zero-order valence-corrected chi connectivity index (χ0v) is 12.2. The van der Waals surface area contributed by atoms with Gasteiger partial charge in [0.2, 0.25) is 0 Å². The topological polar surface area (TPSA) is 117 Å². The Morgan fingerprint density at radius 1 is 1.55 bits per heavy atom. The van der Waals surface area contributed by atoms with E-state index in [1.165, 1.54) is 23.4 Å². The first kappa shape index (κ1) is 15.4. The van der Waals surface area contributed by atoms with Gasteiger partial charge in [-0.25, -0.2) is 9.78 Å². The van der Waals surface area contributed by atoms with Crippen LogP contribution in [0.15, 0.2) is 30.6 Å². The molecule has 116 valence electrons. The predicted molar refractivity (Wildman–Crippen MR) is 77.9 cm³/mol. The van der Waals surface area contributed by atoms with Crippen LogP contribution in [0, 0.1) is 10.1 Å². The summed E-state index contributed by atoms with van der Waals surface area (Å²) in [5.74, 6) is 0.570. The van der Waals surface area contributed by atoms with E-state index in [-0.39, 0.29) is 24.3 Å². The second-order valence-corrected chi connectivity index (χ2v) is 4.81. The van der Waals surface area contributed by atoms with Gasteiger partial charge in [-0.05, 0) is 12.5 Å². The molecule has 0 saturated heterocycles. The molecule has 0 spiro atoms. The van der Waals surface area contributed by atoms with E-state index in [0.717, 1.165) is 0 Å². The highest BCUT2D eigenvalue weighted by atomic mass is 16.6.